The molecule has 1 rings (SSSR count). The summed E-state index contributed by atoms with van der Waals surface area (Å²) in [5, 5.41) is 3.37. The molecule has 13 heavy (non-hydrogen) atoms. The van der Waals surface area contributed by atoms with Crippen molar-refractivity contribution in [2.45, 2.75) is 6.42 Å². The number of rotatable bonds is 7. The largest absolute Gasteiger partial charge is 0.385 e. The molecule has 0 unspecified atom stereocenters. The van der Waals surface area contributed by atoms with E-state index in [4.69, 9.17) is 15.2 Å². The van der Waals surface area contributed by atoms with Crippen LogP contribution in [0.25, 0.3) is 0 Å². The van der Waals surface area contributed by atoms with E-state index in [2.05, 4.69) is 5.32 Å². The van der Waals surface area contributed by atoms with Crippen LogP contribution >= 0.6 is 0 Å². The van der Waals surface area contributed by atoms with Crippen molar-refractivity contribution in [2.24, 2.45) is 11.1 Å². The molecule has 78 valence electrons. The molecule has 4 nitrogen and oxygen atoms in total. The molecule has 1 aliphatic rings. The maximum Gasteiger partial charge on any atom is 0.0569 e. The molecule has 0 radical (unpaired) electrons. The van der Waals surface area contributed by atoms with Crippen molar-refractivity contribution < 1.29 is 9.47 Å². The zero-order chi connectivity index (χ0) is 9.57. The van der Waals surface area contributed by atoms with E-state index in [1.807, 2.05) is 0 Å². The van der Waals surface area contributed by atoms with Crippen LogP contribution in [0.4, 0.5) is 0 Å². The van der Waals surface area contributed by atoms with Gasteiger partial charge in [0.1, 0.15) is 0 Å². The van der Waals surface area contributed by atoms with Crippen LogP contribution in [0, 0.1) is 5.41 Å². The molecule has 1 aliphatic heterocycles. The van der Waals surface area contributed by atoms with Crippen molar-refractivity contribution in [1.29, 1.82) is 0 Å². The molecule has 3 N–H and O–H groups in total. The molecule has 1 saturated heterocycles. The SMILES string of the molecule is COCCCNCC1(CN)COC1. The van der Waals surface area contributed by atoms with Crippen molar-refractivity contribution in [3.05, 3.63) is 0 Å². The summed E-state index contributed by atoms with van der Waals surface area (Å²) >= 11 is 0. The fourth-order valence-corrected chi connectivity index (χ4v) is 1.38. The molecule has 0 aliphatic carbocycles. The van der Waals surface area contributed by atoms with E-state index in [1.165, 1.54) is 0 Å². The summed E-state index contributed by atoms with van der Waals surface area (Å²) < 4.78 is 10.1. The first-order valence-corrected chi connectivity index (χ1v) is 4.80. The number of nitrogens with two attached hydrogens (primary N) is 1. The summed E-state index contributed by atoms with van der Waals surface area (Å²) in [5.41, 5.74) is 5.88. The fraction of sp³-hybridized carbons (Fsp3) is 1.00. The van der Waals surface area contributed by atoms with Gasteiger partial charge in [0.2, 0.25) is 0 Å². The highest BCUT2D eigenvalue weighted by Gasteiger charge is 2.36. The van der Waals surface area contributed by atoms with Crippen molar-refractivity contribution >= 4 is 0 Å². The van der Waals surface area contributed by atoms with E-state index in [-0.39, 0.29) is 5.41 Å². The molecule has 1 fully saturated rings. The normalized spacial score (nSPS) is 19.8. The first kappa shape index (κ1) is 10.9. The Kier molecular flexibility index (Phi) is 4.66. The summed E-state index contributed by atoms with van der Waals surface area (Å²) in [6.45, 7) is 5.10. The Bertz CT molecular complexity index is 132. The second-order valence-electron chi connectivity index (χ2n) is 3.72. The maximum atomic E-state index is 5.67. The van der Waals surface area contributed by atoms with Gasteiger partial charge >= 0.3 is 0 Å². The summed E-state index contributed by atoms with van der Waals surface area (Å²) in [6.07, 6.45) is 1.05. The van der Waals surface area contributed by atoms with E-state index in [0.717, 1.165) is 39.3 Å². The highest BCUT2D eigenvalue weighted by atomic mass is 16.5. The van der Waals surface area contributed by atoms with Crippen LogP contribution in [-0.4, -0.2) is 46.6 Å². The average molecular weight is 188 g/mol. The lowest BCUT2D eigenvalue weighted by molar-refractivity contribution is -0.104. The van der Waals surface area contributed by atoms with E-state index in [1.54, 1.807) is 7.11 Å². The van der Waals surface area contributed by atoms with Crippen LogP contribution < -0.4 is 11.1 Å². The van der Waals surface area contributed by atoms with Gasteiger partial charge in [0.15, 0.2) is 0 Å². The zero-order valence-electron chi connectivity index (χ0n) is 8.34. The standard InChI is InChI=1S/C9H20N2O2/c1-12-4-2-3-11-6-9(5-10)7-13-8-9/h11H,2-8,10H2,1H3. The molecule has 1 heterocycles. The maximum absolute atomic E-state index is 5.67. The van der Waals surface area contributed by atoms with Gasteiger partial charge in [0.05, 0.1) is 13.2 Å². The minimum Gasteiger partial charge on any atom is -0.385 e. The van der Waals surface area contributed by atoms with Crippen LogP contribution in [0.3, 0.4) is 0 Å². The molecule has 0 atom stereocenters. The molecule has 0 spiro atoms. The van der Waals surface area contributed by atoms with Gasteiger partial charge in [-0.05, 0) is 13.0 Å². The van der Waals surface area contributed by atoms with Crippen LogP contribution in [-0.2, 0) is 9.47 Å². The van der Waals surface area contributed by atoms with Gasteiger partial charge in [0.25, 0.3) is 0 Å². The van der Waals surface area contributed by atoms with Gasteiger partial charge in [-0.3, -0.25) is 0 Å². The number of ether oxygens (including phenoxy) is 2. The van der Waals surface area contributed by atoms with E-state index >= 15 is 0 Å². The summed E-state index contributed by atoms with van der Waals surface area (Å²) in [6, 6.07) is 0. The highest BCUT2D eigenvalue weighted by Crippen LogP contribution is 2.24. The number of nitrogens with one attached hydrogen (secondary N) is 1. The van der Waals surface area contributed by atoms with Crippen molar-refractivity contribution in [2.75, 3.05) is 46.6 Å². The smallest absolute Gasteiger partial charge is 0.0569 e. The fourth-order valence-electron chi connectivity index (χ4n) is 1.38. The Balaban J connectivity index is 1.98. The minimum atomic E-state index is 0.215. The lowest BCUT2D eigenvalue weighted by Gasteiger charge is -2.40. The Morgan fingerprint density at radius 1 is 1.54 bits per heavy atom. The van der Waals surface area contributed by atoms with E-state index < -0.39 is 0 Å². The Morgan fingerprint density at radius 2 is 2.31 bits per heavy atom. The van der Waals surface area contributed by atoms with Gasteiger partial charge in [-0.1, -0.05) is 0 Å². The summed E-state index contributed by atoms with van der Waals surface area (Å²) in [4.78, 5) is 0. The van der Waals surface area contributed by atoms with Crippen LogP contribution in [0.2, 0.25) is 0 Å². The third-order valence-electron chi connectivity index (χ3n) is 2.45. The lowest BCUT2D eigenvalue weighted by Crippen LogP contribution is -2.54. The first-order valence-electron chi connectivity index (χ1n) is 4.80. The quantitative estimate of drug-likeness (QED) is 0.533. The van der Waals surface area contributed by atoms with Crippen molar-refractivity contribution in [1.82, 2.24) is 5.32 Å². The Hall–Kier alpha value is -0.160. The summed E-state index contributed by atoms with van der Waals surface area (Å²) in [5.74, 6) is 0. The average Bonchev–Trinajstić information content (AvgIpc) is 2.09. The van der Waals surface area contributed by atoms with Gasteiger partial charge in [-0.15, -0.1) is 0 Å². The third kappa shape index (κ3) is 3.23. The first-order chi connectivity index (χ1) is 6.33. The van der Waals surface area contributed by atoms with Crippen molar-refractivity contribution in [3.8, 4) is 0 Å². The monoisotopic (exact) mass is 188 g/mol. The predicted molar refractivity (Wildman–Crippen MR) is 51.7 cm³/mol. The molecule has 0 amide bonds. The Morgan fingerprint density at radius 3 is 2.77 bits per heavy atom. The zero-order valence-corrected chi connectivity index (χ0v) is 8.34. The van der Waals surface area contributed by atoms with Crippen molar-refractivity contribution in [3.63, 3.8) is 0 Å². The van der Waals surface area contributed by atoms with Gasteiger partial charge < -0.3 is 20.5 Å². The number of hydrogen-bond donors (Lipinski definition) is 2. The molecular weight excluding hydrogens is 168 g/mol. The van der Waals surface area contributed by atoms with E-state index in [9.17, 15) is 0 Å². The number of methoxy groups -OCH3 is 1. The van der Waals surface area contributed by atoms with Gasteiger partial charge in [-0.25, -0.2) is 0 Å². The number of hydrogen-bond acceptors (Lipinski definition) is 4. The second-order valence-corrected chi connectivity index (χ2v) is 3.72. The third-order valence-corrected chi connectivity index (χ3v) is 2.45. The molecule has 0 aromatic carbocycles. The molecule has 0 aromatic heterocycles. The van der Waals surface area contributed by atoms with Crippen LogP contribution in [0.1, 0.15) is 6.42 Å². The van der Waals surface area contributed by atoms with Gasteiger partial charge in [0, 0.05) is 32.2 Å². The molecule has 0 aromatic rings. The lowest BCUT2D eigenvalue weighted by atomic mass is 9.86. The second kappa shape index (κ2) is 5.54. The topological polar surface area (TPSA) is 56.5 Å². The van der Waals surface area contributed by atoms with Crippen LogP contribution in [0.5, 0.6) is 0 Å². The molecule has 4 heteroatoms. The van der Waals surface area contributed by atoms with E-state index in [0.29, 0.717) is 6.54 Å². The summed E-state index contributed by atoms with van der Waals surface area (Å²) in [7, 11) is 1.72. The highest BCUT2D eigenvalue weighted by molar-refractivity contribution is 4.88. The molecule has 0 saturated carbocycles. The Labute approximate surface area is 79.8 Å². The van der Waals surface area contributed by atoms with Crippen LogP contribution in [0.15, 0.2) is 0 Å². The predicted octanol–water partition coefficient (Wildman–Crippen LogP) is -0.412. The minimum absolute atomic E-state index is 0.215. The van der Waals surface area contributed by atoms with Gasteiger partial charge in [-0.2, -0.15) is 0 Å². The molecule has 0 bridgehead atoms. The molecular formula is C9H20N2O2.